The average Bonchev–Trinajstić information content (AvgIpc) is 2.84. The standard InChI is InChI=1S/C19H23N3O3S2/c1-21(2)27(24,25)16-8-5-7-15(13-16)20-19(23)14-22-11-6-12-26-18-10-4-3-9-17(18)22/h3-5,7-10,13H,6,11-12,14H2,1-2H3,(H,20,23). The molecule has 144 valence electrons. The Balaban J connectivity index is 1.74. The maximum atomic E-state index is 12.6. The van der Waals surface area contributed by atoms with Gasteiger partial charge in [0, 0.05) is 31.2 Å². The zero-order valence-corrected chi connectivity index (χ0v) is 17.0. The lowest BCUT2D eigenvalue weighted by Crippen LogP contribution is -2.34. The Kier molecular flexibility index (Phi) is 6.08. The number of hydrogen-bond acceptors (Lipinski definition) is 5. The van der Waals surface area contributed by atoms with Gasteiger partial charge in [-0.2, -0.15) is 0 Å². The summed E-state index contributed by atoms with van der Waals surface area (Å²) in [7, 11) is -0.575. The van der Waals surface area contributed by atoms with Crippen molar-refractivity contribution < 1.29 is 13.2 Å². The van der Waals surface area contributed by atoms with Gasteiger partial charge >= 0.3 is 0 Å². The molecule has 0 aliphatic carbocycles. The van der Waals surface area contributed by atoms with Crippen LogP contribution in [0.4, 0.5) is 11.4 Å². The second-order valence-electron chi connectivity index (χ2n) is 6.45. The molecule has 3 rings (SSSR count). The summed E-state index contributed by atoms with van der Waals surface area (Å²) in [5.74, 6) is 0.857. The molecule has 1 aliphatic heterocycles. The first-order valence-electron chi connectivity index (χ1n) is 8.67. The molecule has 0 saturated heterocycles. The number of carbonyl (C=O) groups excluding carboxylic acids is 1. The quantitative estimate of drug-likeness (QED) is 0.828. The number of benzene rings is 2. The number of sulfonamides is 1. The molecule has 6 nitrogen and oxygen atoms in total. The van der Waals surface area contributed by atoms with Gasteiger partial charge in [0.1, 0.15) is 0 Å². The van der Waals surface area contributed by atoms with Crippen molar-refractivity contribution in [1.82, 2.24) is 4.31 Å². The summed E-state index contributed by atoms with van der Waals surface area (Å²) in [5, 5.41) is 2.82. The van der Waals surface area contributed by atoms with E-state index >= 15 is 0 Å². The molecule has 27 heavy (non-hydrogen) atoms. The highest BCUT2D eigenvalue weighted by atomic mass is 32.2. The molecular formula is C19H23N3O3S2. The van der Waals surface area contributed by atoms with Crippen LogP contribution in [-0.2, 0) is 14.8 Å². The van der Waals surface area contributed by atoms with Crippen LogP contribution in [0.2, 0.25) is 0 Å². The van der Waals surface area contributed by atoms with Crippen LogP contribution in [0.3, 0.4) is 0 Å². The third-order valence-electron chi connectivity index (χ3n) is 4.27. The van der Waals surface area contributed by atoms with E-state index in [0.717, 1.165) is 28.7 Å². The van der Waals surface area contributed by atoms with Gasteiger partial charge in [0.15, 0.2) is 0 Å². The summed E-state index contributed by atoms with van der Waals surface area (Å²) in [6, 6.07) is 14.4. The van der Waals surface area contributed by atoms with Gasteiger partial charge in [-0.3, -0.25) is 4.79 Å². The van der Waals surface area contributed by atoms with Gasteiger partial charge in [-0.25, -0.2) is 12.7 Å². The molecule has 0 saturated carbocycles. The number of carbonyl (C=O) groups is 1. The lowest BCUT2D eigenvalue weighted by atomic mass is 10.2. The summed E-state index contributed by atoms with van der Waals surface area (Å²) in [5.41, 5.74) is 1.54. The third-order valence-corrected chi connectivity index (χ3v) is 7.23. The van der Waals surface area contributed by atoms with Crippen LogP contribution in [0, 0.1) is 0 Å². The maximum Gasteiger partial charge on any atom is 0.243 e. The molecule has 8 heteroatoms. The van der Waals surface area contributed by atoms with Crippen molar-refractivity contribution in [3.8, 4) is 0 Å². The fourth-order valence-corrected chi connectivity index (χ4v) is 4.84. The van der Waals surface area contributed by atoms with Crippen LogP contribution in [-0.4, -0.2) is 51.6 Å². The molecule has 1 N–H and O–H groups in total. The van der Waals surface area contributed by atoms with E-state index in [-0.39, 0.29) is 17.3 Å². The molecule has 1 amide bonds. The molecule has 0 aromatic heterocycles. The number of nitrogens with one attached hydrogen (secondary N) is 1. The first kappa shape index (κ1) is 19.7. The van der Waals surface area contributed by atoms with Crippen LogP contribution in [0.5, 0.6) is 0 Å². The summed E-state index contributed by atoms with van der Waals surface area (Å²) >= 11 is 1.81. The number of para-hydroxylation sites is 1. The Bertz CT molecular complexity index is 929. The summed E-state index contributed by atoms with van der Waals surface area (Å²) in [6.45, 7) is 1.04. The monoisotopic (exact) mass is 405 g/mol. The molecule has 0 bridgehead atoms. The van der Waals surface area contributed by atoms with Crippen molar-refractivity contribution in [3.63, 3.8) is 0 Å². The summed E-state index contributed by atoms with van der Waals surface area (Å²) in [6.07, 6.45) is 1.00. The van der Waals surface area contributed by atoms with Crippen LogP contribution in [0.1, 0.15) is 6.42 Å². The van der Waals surface area contributed by atoms with Crippen molar-refractivity contribution in [1.29, 1.82) is 0 Å². The van der Waals surface area contributed by atoms with Crippen molar-refractivity contribution in [2.24, 2.45) is 0 Å². The molecule has 0 fully saturated rings. The topological polar surface area (TPSA) is 69.7 Å². The van der Waals surface area contributed by atoms with Gasteiger partial charge in [-0.1, -0.05) is 18.2 Å². The second-order valence-corrected chi connectivity index (χ2v) is 9.74. The van der Waals surface area contributed by atoms with Crippen LogP contribution in [0.25, 0.3) is 0 Å². The van der Waals surface area contributed by atoms with E-state index in [0.29, 0.717) is 5.69 Å². The van der Waals surface area contributed by atoms with E-state index in [1.54, 1.807) is 12.1 Å². The van der Waals surface area contributed by atoms with Crippen LogP contribution < -0.4 is 10.2 Å². The van der Waals surface area contributed by atoms with Gasteiger partial charge < -0.3 is 10.2 Å². The second kappa shape index (κ2) is 8.33. The largest absolute Gasteiger partial charge is 0.361 e. The minimum Gasteiger partial charge on any atom is -0.361 e. The molecule has 2 aromatic carbocycles. The fourth-order valence-electron chi connectivity index (χ4n) is 2.88. The Hall–Kier alpha value is -2.03. The lowest BCUT2D eigenvalue weighted by molar-refractivity contribution is -0.115. The minimum atomic E-state index is -3.54. The number of nitrogens with zero attached hydrogens (tertiary/aromatic N) is 2. The van der Waals surface area contributed by atoms with E-state index in [1.807, 2.05) is 30.0 Å². The highest BCUT2D eigenvalue weighted by molar-refractivity contribution is 7.99. The number of fused-ring (bicyclic) bond motifs is 1. The molecule has 0 spiro atoms. The highest BCUT2D eigenvalue weighted by Gasteiger charge is 2.20. The van der Waals surface area contributed by atoms with Gasteiger partial charge in [-0.05, 0) is 42.5 Å². The Morgan fingerprint density at radius 3 is 2.74 bits per heavy atom. The zero-order valence-electron chi connectivity index (χ0n) is 15.4. The first-order valence-corrected chi connectivity index (χ1v) is 11.1. The predicted molar refractivity (Wildman–Crippen MR) is 110 cm³/mol. The van der Waals surface area contributed by atoms with Gasteiger partial charge in [0.25, 0.3) is 0 Å². The molecular weight excluding hydrogens is 382 g/mol. The zero-order chi connectivity index (χ0) is 19.4. The molecule has 0 radical (unpaired) electrons. The Morgan fingerprint density at radius 1 is 1.19 bits per heavy atom. The van der Waals surface area contributed by atoms with E-state index in [4.69, 9.17) is 0 Å². The summed E-state index contributed by atoms with van der Waals surface area (Å²) in [4.78, 5) is 16.0. The van der Waals surface area contributed by atoms with Gasteiger partial charge in [0.05, 0.1) is 17.1 Å². The number of hydrogen-bond donors (Lipinski definition) is 1. The average molecular weight is 406 g/mol. The smallest absolute Gasteiger partial charge is 0.243 e. The molecule has 1 aliphatic rings. The van der Waals surface area contributed by atoms with E-state index in [9.17, 15) is 13.2 Å². The number of anilines is 2. The number of rotatable bonds is 5. The maximum absolute atomic E-state index is 12.6. The third kappa shape index (κ3) is 4.63. The lowest BCUT2D eigenvalue weighted by Gasteiger charge is -2.24. The first-order chi connectivity index (χ1) is 12.9. The van der Waals surface area contributed by atoms with Crippen LogP contribution in [0.15, 0.2) is 58.3 Å². The SMILES string of the molecule is CN(C)S(=O)(=O)c1cccc(NC(=O)CN2CCCSc3ccccc32)c1. The molecule has 0 unspecified atom stereocenters. The predicted octanol–water partition coefficient (Wildman–Crippen LogP) is 2.88. The van der Waals surface area contributed by atoms with Crippen molar-refractivity contribution in [2.45, 2.75) is 16.2 Å². The molecule has 1 heterocycles. The van der Waals surface area contributed by atoms with E-state index in [2.05, 4.69) is 16.3 Å². The molecule has 0 atom stereocenters. The van der Waals surface area contributed by atoms with Gasteiger partial charge in [0.2, 0.25) is 15.9 Å². The highest BCUT2D eigenvalue weighted by Crippen LogP contribution is 2.33. The summed E-state index contributed by atoms with van der Waals surface area (Å²) < 4.78 is 25.7. The van der Waals surface area contributed by atoms with Crippen molar-refractivity contribution >= 4 is 39.1 Å². The van der Waals surface area contributed by atoms with Crippen LogP contribution >= 0.6 is 11.8 Å². The fraction of sp³-hybridized carbons (Fsp3) is 0.316. The van der Waals surface area contributed by atoms with Crippen molar-refractivity contribution in [2.75, 3.05) is 43.2 Å². The minimum absolute atomic E-state index is 0.154. The number of thioether (sulfide) groups is 1. The van der Waals surface area contributed by atoms with Crippen molar-refractivity contribution in [3.05, 3.63) is 48.5 Å². The Labute approximate surface area is 164 Å². The number of amides is 1. The van der Waals surface area contributed by atoms with E-state index < -0.39 is 10.0 Å². The normalized spacial score (nSPS) is 14.6. The van der Waals surface area contributed by atoms with Gasteiger partial charge in [-0.15, -0.1) is 11.8 Å². The Morgan fingerprint density at radius 2 is 1.96 bits per heavy atom. The van der Waals surface area contributed by atoms with E-state index in [1.165, 1.54) is 31.1 Å². The molecule has 2 aromatic rings.